The van der Waals surface area contributed by atoms with Crippen LogP contribution in [0.15, 0.2) is 12.2 Å². The van der Waals surface area contributed by atoms with Gasteiger partial charge in [0.25, 0.3) is 0 Å². The molecule has 1 heterocycles. The van der Waals surface area contributed by atoms with Crippen LogP contribution in [0.25, 0.3) is 0 Å². The van der Waals surface area contributed by atoms with Crippen molar-refractivity contribution in [3.63, 3.8) is 0 Å². The lowest BCUT2D eigenvalue weighted by Gasteiger charge is -2.13. The minimum Gasteiger partial charge on any atom is -0.349 e. The molecule has 160 valence electrons. The second-order valence-electron chi connectivity index (χ2n) is 8.83. The number of hydrogen-bond donors (Lipinski definition) is 1. The summed E-state index contributed by atoms with van der Waals surface area (Å²) < 4.78 is 5.48. The Kier molecular flexibility index (Phi) is 15.2. The fraction of sp³-hybridized carbons (Fsp3) is 0.920. The van der Waals surface area contributed by atoms with Crippen molar-refractivity contribution in [3.8, 4) is 0 Å². The Morgan fingerprint density at radius 2 is 1.04 bits per heavy atom. The van der Waals surface area contributed by atoms with E-state index in [0.29, 0.717) is 0 Å². The summed E-state index contributed by atoms with van der Waals surface area (Å²) >= 11 is 0. The fourth-order valence-electron chi connectivity index (χ4n) is 3.89. The summed E-state index contributed by atoms with van der Waals surface area (Å²) in [5.74, 6) is 0. The van der Waals surface area contributed by atoms with E-state index in [0.717, 1.165) is 18.7 Å². The molecule has 2 heteroatoms. The monoisotopic (exact) mass is 379 g/mol. The van der Waals surface area contributed by atoms with Gasteiger partial charge in [-0.3, -0.25) is 5.32 Å². The Morgan fingerprint density at radius 3 is 1.33 bits per heavy atom. The quantitative estimate of drug-likeness (QED) is 0.124. The van der Waals surface area contributed by atoms with Gasteiger partial charge in [0.15, 0.2) is 5.72 Å². The van der Waals surface area contributed by atoms with Crippen LogP contribution in [0.3, 0.4) is 0 Å². The van der Waals surface area contributed by atoms with Gasteiger partial charge in [0, 0.05) is 0 Å². The molecule has 0 saturated carbocycles. The average Bonchev–Trinajstić information content (AvgIpc) is 3.45. The van der Waals surface area contributed by atoms with Crippen LogP contribution in [0.1, 0.15) is 129 Å². The first-order chi connectivity index (χ1) is 13.2. The molecule has 1 atom stereocenters. The second kappa shape index (κ2) is 16.6. The predicted octanol–water partition coefficient (Wildman–Crippen LogP) is 7.92. The van der Waals surface area contributed by atoms with E-state index in [-0.39, 0.29) is 5.72 Å². The highest BCUT2D eigenvalue weighted by Gasteiger charge is 2.44. The Balaban J connectivity index is 1.67. The van der Waals surface area contributed by atoms with Gasteiger partial charge in [-0.2, -0.15) is 0 Å². The standard InChI is InChI=1S/C25H49NO/c1-4-5-6-7-8-9-10-11-12-13-14-15-16-17-18-19-20-21-22-26-25(23-27-25)24(2)3/h26H,2,4-23H2,1,3H3. The maximum absolute atomic E-state index is 5.48. The van der Waals surface area contributed by atoms with Crippen LogP contribution in [-0.4, -0.2) is 18.9 Å². The number of ether oxygens (including phenoxy) is 1. The van der Waals surface area contributed by atoms with E-state index < -0.39 is 0 Å². The van der Waals surface area contributed by atoms with Crippen LogP contribution in [0.4, 0.5) is 0 Å². The lowest BCUT2D eigenvalue weighted by molar-refractivity contribution is 0.290. The van der Waals surface area contributed by atoms with Gasteiger partial charge in [0.1, 0.15) is 0 Å². The zero-order chi connectivity index (χ0) is 19.6. The van der Waals surface area contributed by atoms with Gasteiger partial charge in [-0.05, 0) is 25.5 Å². The molecule has 0 aromatic rings. The molecule has 1 aliphatic heterocycles. The SMILES string of the molecule is C=C(C)C1(NCCCCCCCCCCCCCCCCCCCC)CO1. The van der Waals surface area contributed by atoms with Gasteiger partial charge < -0.3 is 4.74 Å². The summed E-state index contributed by atoms with van der Waals surface area (Å²) in [5.41, 5.74) is 0.958. The molecule has 1 rings (SSSR count). The first-order valence-electron chi connectivity index (χ1n) is 12.3. The Morgan fingerprint density at radius 1 is 0.704 bits per heavy atom. The lowest BCUT2D eigenvalue weighted by atomic mass is 10.0. The van der Waals surface area contributed by atoms with Crippen molar-refractivity contribution >= 4 is 0 Å². The van der Waals surface area contributed by atoms with Gasteiger partial charge in [-0.1, -0.05) is 123 Å². The molecule has 0 bridgehead atoms. The van der Waals surface area contributed by atoms with Crippen LogP contribution in [0.5, 0.6) is 0 Å². The van der Waals surface area contributed by atoms with Crippen LogP contribution in [-0.2, 0) is 4.74 Å². The molecular formula is C25H49NO. The highest BCUT2D eigenvalue weighted by molar-refractivity contribution is 5.15. The summed E-state index contributed by atoms with van der Waals surface area (Å²) in [6.07, 6.45) is 25.8. The van der Waals surface area contributed by atoms with Crippen LogP contribution < -0.4 is 5.32 Å². The number of unbranched alkanes of at least 4 members (excludes halogenated alkanes) is 17. The van der Waals surface area contributed by atoms with Crippen molar-refractivity contribution in [1.29, 1.82) is 0 Å². The van der Waals surface area contributed by atoms with Gasteiger partial charge >= 0.3 is 0 Å². The third kappa shape index (κ3) is 13.5. The smallest absolute Gasteiger partial charge is 0.164 e. The van der Waals surface area contributed by atoms with E-state index in [9.17, 15) is 0 Å². The summed E-state index contributed by atoms with van der Waals surface area (Å²) in [7, 11) is 0. The lowest BCUT2D eigenvalue weighted by Crippen LogP contribution is -2.34. The minimum absolute atomic E-state index is 0.158. The summed E-state index contributed by atoms with van der Waals surface area (Å²) in [6, 6.07) is 0. The summed E-state index contributed by atoms with van der Waals surface area (Å²) in [5, 5.41) is 3.50. The number of epoxide rings is 1. The first kappa shape index (κ1) is 24.7. The molecule has 0 amide bonds. The Hall–Kier alpha value is -0.340. The van der Waals surface area contributed by atoms with Crippen molar-refractivity contribution < 1.29 is 4.74 Å². The molecule has 1 saturated heterocycles. The highest BCUT2D eigenvalue weighted by atomic mass is 16.6. The predicted molar refractivity (Wildman–Crippen MR) is 120 cm³/mol. The van der Waals surface area contributed by atoms with E-state index >= 15 is 0 Å². The largest absolute Gasteiger partial charge is 0.349 e. The van der Waals surface area contributed by atoms with E-state index in [1.54, 1.807) is 0 Å². The zero-order valence-corrected chi connectivity index (χ0v) is 18.8. The molecule has 0 aliphatic carbocycles. The van der Waals surface area contributed by atoms with Crippen LogP contribution in [0.2, 0.25) is 0 Å². The fourth-order valence-corrected chi connectivity index (χ4v) is 3.89. The Labute approximate surface area is 170 Å². The molecule has 1 fully saturated rings. The Bertz CT molecular complexity index is 348. The normalized spacial score (nSPS) is 18.7. The zero-order valence-electron chi connectivity index (χ0n) is 18.8. The average molecular weight is 380 g/mol. The minimum atomic E-state index is -0.158. The van der Waals surface area contributed by atoms with Crippen molar-refractivity contribution in [2.75, 3.05) is 13.2 Å². The van der Waals surface area contributed by atoms with E-state index in [2.05, 4.69) is 25.7 Å². The van der Waals surface area contributed by atoms with Crippen LogP contribution in [0, 0.1) is 0 Å². The molecule has 0 spiro atoms. The molecule has 0 aromatic carbocycles. The molecule has 27 heavy (non-hydrogen) atoms. The van der Waals surface area contributed by atoms with Crippen molar-refractivity contribution in [1.82, 2.24) is 5.32 Å². The molecule has 1 N–H and O–H groups in total. The number of rotatable bonds is 21. The maximum Gasteiger partial charge on any atom is 0.164 e. The van der Waals surface area contributed by atoms with Crippen LogP contribution >= 0.6 is 0 Å². The second-order valence-corrected chi connectivity index (χ2v) is 8.83. The third-order valence-corrected chi connectivity index (χ3v) is 6.06. The molecule has 1 aliphatic rings. The molecule has 0 aromatic heterocycles. The maximum atomic E-state index is 5.48. The van der Waals surface area contributed by atoms with E-state index in [1.165, 1.54) is 116 Å². The third-order valence-electron chi connectivity index (χ3n) is 6.06. The van der Waals surface area contributed by atoms with Crippen molar-refractivity contribution in [3.05, 3.63) is 12.2 Å². The number of nitrogens with one attached hydrogen (secondary N) is 1. The molecule has 2 nitrogen and oxygen atoms in total. The van der Waals surface area contributed by atoms with Crippen molar-refractivity contribution in [2.45, 2.75) is 135 Å². The summed E-state index contributed by atoms with van der Waals surface area (Å²) in [4.78, 5) is 0. The number of hydrogen-bond acceptors (Lipinski definition) is 2. The van der Waals surface area contributed by atoms with Crippen molar-refractivity contribution in [2.24, 2.45) is 0 Å². The molecule has 0 radical (unpaired) electrons. The van der Waals surface area contributed by atoms with Gasteiger partial charge in [-0.15, -0.1) is 0 Å². The van der Waals surface area contributed by atoms with Gasteiger partial charge in [0.2, 0.25) is 0 Å². The first-order valence-corrected chi connectivity index (χ1v) is 12.3. The van der Waals surface area contributed by atoms with E-state index in [4.69, 9.17) is 4.74 Å². The molecule has 1 unspecified atom stereocenters. The van der Waals surface area contributed by atoms with Gasteiger partial charge in [0.05, 0.1) is 6.61 Å². The van der Waals surface area contributed by atoms with Gasteiger partial charge in [-0.25, -0.2) is 0 Å². The molecular weight excluding hydrogens is 330 g/mol. The topological polar surface area (TPSA) is 24.6 Å². The summed E-state index contributed by atoms with van der Waals surface area (Å²) in [6.45, 7) is 10.2. The highest BCUT2D eigenvalue weighted by Crippen LogP contribution is 2.30. The van der Waals surface area contributed by atoms with E-state index in [1.807, 2.05) is 0 Å².